The standard InChI is InChI=1S/C18H21N3O2S2/c1-20(2)9-5-10-21(17(22)15-6-4-11-24-15)18-19-14-8-7-13(23-3)12-16(14)25-18/h4,6-8,11-12H,5,9-10H2,1-3H3. The molecule has 3 rings (SSSR count). The van der Waals surface area contributed by atoms with E-state index in [1.807, 2.05) is 49.8 Å². The highest BCUT2D eigenvalue weighted by molar-refractivity contribution is 7.22. The zero-order valence-corrected chi connectivity index (χ0v) is 16.2. The number of amides is 1. The van der Waals surface area contributed by atoms with Gasteiger partial charge in [-0.3, -0.25) is 9.69 Å². The van der Waals surface area contributed by atoms with Gasteiger partial charge in [0.15, 0.2) is 5.13 Å². The molecule has 0 fully saturated rings. The average molecular weight is 376 g/mol. The topological polar surface area (TPSA) is 45.7 Å². The van der Waals surface area contributed by atoms with Gasteiger partial charge in [0.2, 0.25) is 0 Å². The van der Waals surface area contributed by atoms with E-state index >= 15 is 0 Å². The minimum absolute atomic E-state index is 0.0137. The number of carbonyl (C=O) groups excluding carboxylic acids is 1. The van der Waals surface area contributed by atoms with Crippen molar-refractivity contribution in [3.05, 3.63) is 40.6 Å². The monoisotopic (exact) mass is 375 g/mol. The fraction of sp³-hybridized carbons (Fsp3) is 0.333. The third-order valence-electron chi connectivity index (χ3n) is 3.78. The van der Waals surface area contributed by atoms with Crippen LogP contribution in [0.3, 0.4) is 0 Å². The summed E-state index contributed by atoms with van der Waals surface area (Å²) >= 11 is 2.99. The van der Waals surface area contributed by atoms with Gasteiger partial charge in [0.1, 0.15) is 5.75 Å². The number of methoxy groups -OCH3 is 1. The van der Waals surface area contributed by atoms with Gasteiger partial charge >= 0.3 is 0 Å². The summed E-state index contributed by atoms with van der Waals surface area (Å²) in [6.07, 6.45) is 0.892. The van der Waals surface area contributed by atoms with Crippen LogP contribution in [0.5, 0.6) is 5.75 Å². The van der Waals surface area contributed by atoms with E-state index in [0.717, 1.165) is 38.9 Å². The number of ether oxygens (including phenoxy) is 1. The van der Waals surface area contributed by atoms with Crippen molar-refractivity contribution in [1.29, 1.82) is 0 Å². The van der Waals surface area contributed by atoms with Gasteiger partial charge in [-0.2, -0.15) is 0 Å². The van der Waals surface area contributed by atoms with Crippen LogP contribution in [0.15, 0.2) is 35.7 Å². The molecule has 0 saturated carbocycles. The van der Waals surface area contributed by atoms with Crippen molar-refractivity contribution in [3.8, 4) is 5.75 Å². The number of hydrogen-bond acceptors (Lipinski definition) is 6. The Bertz CT molecular complexity index is 843. The first-order chi connectivity index (χ1) is 12.1. The fourth-order valence-corrected chi connectivity index (χ4v) is 4.19. The van der Waals surface area contributed by atoms with Crippen molar-refractivity contribution >= 4 is 43.9 Å². The molecule has 0 radical (unpaired) electrons. The first-order valence-electron chi connectivity index (χ1n) is 8.03. The summed E-state index contributed by atoms with van der Waals surface area (Å²) in [6, 6.07) is 9.55. The Labute approximate surface area is 155 Å². The van der Waals surface area contributed by atoms with Gasteiger partial charge in [0.05, 0.1) is 22.2 Å². The maximum atomic E-state index is 12.9. The van der Waals surface area contributed by atoms with Gasteiger partial charge in [0, 0.05) is 6.54 Å². The first-order valence-corrected chi connectivity index (χ1v) is 9.73. The van der Waals surface area contributed by atoms with Crippen molar-refractivity contribution in [2.24, 2.45) is 0 Å². The van der Waals surface area contributed by atoms with Gasteiger partial charge in [0.25, 0.3) is 5.91 Å². The van der Waals surface area contributed by atoms with Crippen LogP contribution >= 0.6 is 22.7 Å². The number of carbonyl (C=O) groups is 1. The van der Waals surface area contributed by atoms with E-state index in [-0.39, 0.29) is 5.91 Å². The molecule has 0 bridgehead atoms. The Morgan fingerprint density at radius 1 is 1.24 bits per heavy atom. The highest BCUT2D eigenvalue weighted by atomic mass is 32.1. The van der Waals surface area contributed by atoms with Gasteiger partial charge in [-0.1, -0.05) is 17.4 Å². The Balaban J connectivity index is 1.91. The highest BCUT2D eigenvalue weighted by Crippen LogP contribution is 2.32. The van der Waals surface area contributed by atoms with Crippen LogP contribution in [-0.4, -0.2) is 50.1 Å². The van der Waals surface area contributed by atoms with Crippen molar-refractivity contribution in [2.75, 3.05) is 39.2 Å². The van der Waals surface area contributed by atoms with Crippen molar-refractivity contribution in [2.45, 2.75) is 6.42 Å². The lowest BCUT2D eigenvalue weighted by Crippen LogP contribution is -2.32. The van der Waals surface area contributed by atoms with Crippen molar-refractivity contribution < 1.29 is 9.53 Å². The van der Waals surface area contributed by atoms with Crippen molar-refractivity contribution in [3.63, 3.8) is 0 Å². The molecule has 7 heteroatoms. The molecule has 0 aliphatic carbocycles. The number of rotatable bonds is 7. The normalized spacial score (nSPS) is 11.2. The average Bonchev–Trinajstić information content (AvgIpc) is 3.26. The maximum absolute atomic E-state index is 12.9. The quantitative estimate of drug-likeness (QED) is 0.627. The lowest BCUT2D eigenvalue weighted by molar-refractivity contribution is 0.0990. The Hall–Kier alpha value is -1.96. The van der Waals surface area contributed by atoms with E-state index in [0.29, 0.717) is 6.54 Å². The highest BCUT2D eigenvalue weighted by Gasteiger charge is 2.22. The molecule has 0 saturated heterocycles. The van der Waals surface area contributed by atoms with E-state index < -0.39 is 0 Å². The molecule has 0 unspecified atom stereocenters. The molecule has 2 heterocycles. The summed E-state index contributed by atoms with van der Waals surface area (Å²) in [6.45, 7) is 1.57. The summed E-state index contributed by atoms with van der Waals surface area (Å²) in [5, 5.41) is 2.66. The molecular weight excluding hydrogens is 354 g/mol. The second kappa shape index (κ2) is 7.95. The summed E-state index contributed by atoms with van der Waals surface area (Å²) < 4.78 is 6.30. The van der Waals surface area contributed by atoms with Crippen LogP contribution in [0.25, 0.3) is 10.2 Å². The number of fused-ring (bicyclic) bond motifs is 1. The van der Waals surface area contributed by atoms with Crippen LogP contribution in [0.1, 0.15) is 16.1 Å². The molecule has 5 nitrogen and oxygen atoms in total. The number of thiophene rings is 1. The van der Waals surface area contributed by atoms with Crippen LogP contribution in [0.4, 0.5) is 5.13 Å². The molecule has 1 aromatic carbocycles. The molecule has 3 aromatic rings. The third kappa shape index (κ3) is 4.18. The number of thiazole rings is 1. The van der Waals surface area contributed by atoms with Crippen molar-refractivity contribution in [1.82, 2.24) is 9.88 Å². The molecule has 0 aliphatic heterocycles. The van der Waals surface area contributed by atoms with Gasteiger partial charge in [-0.05, 0) is 56.7 Å². The molecule has 2 aromatic heterocycles. The van der Waals surface area contributed by atoms with E-state index in [1.165, 1.54) is 22.7 Å². The number of anilines is 1. The molecule has 0 N–H and O–H groups in total. The van der Waals surface area contributed by atoms with Crippen LogP contribution in [0.2, 0.25) is 0 Å². The minimum Gasteiger partial charge on any atom is -0.497 e. The zero-order chi connectivity index (χ0) is 17.8. The number of aromatic nitrogens is 1. The number of hydrogen-bond donors (Lipinski definition) is 0. The zero-order valence-electron chi connectivity index (χ0n) is 14.6. The van der Waals surface area contributed by atoms with Crippen LogP contribution in [0, 0.1) is 0 Å². The summed E-state index contributed by atoms with van der Waals surface area (Å²) in [5.41, 5.74) is 0.886. The minimum atomic E-state index is 0.0137. The van der Waals surface area contributed by atoms with Gasteiger partial charge < -0.3 is 9.64 Å². The molecule has 1 amide bonds. The second-order valence-electron chi connectivity index (χ2n) is 5.92. The summed E-state index contributed by atoms with van der Waals surface area (Å²) in [7, 11) is 5.72. The maximum Gasteiger partial charge on any atom is 0.270 e. The largest absolute Gasteiger partial charge is 0.497 e. The van der Waals surface area contributed by atoms with E-state index in [4.69, 9.17) is 4.74 Å². The molecule has 0 atom stereocenters. The SMILES string of the molecule is COc1ccc2nc(N(CCCN(C)C)C(=O)c3cccs3)sc2c1. The van der Waals surface area contributed by atoms with E-state index in [1.54, 1.807) is 12.0 Å². The molecule has 0 aliphatic rings. The second-order valence-corrected chi connectivity index (χ2v) is 7.88. The summed E-state index contributed by atoms with van der Waals surface area (Å²) in [5.74, 6) is 0.811. The van der Waals surface area contributed by atoms with Crippen LogP contribution in [-0.2, 0) is 0 Å². The predicted molar refractivity (Wildman–Crippen MR) is 105 cm³/mol. The fourth-order valence-electron chi connectivity index (χ4n) is 2.50. The smallest absolute Gasteiger partial charge is 0.270 e. The lowest BCUT2D eigenvalue weighted by atomic mass is 10.3. The van der Waals surface area contributed by atoms with Crippen LogP contribution < -0.4 is 9.64 Å². The summed E-state index contributed by atoms with van der Waals surface area (Å²) in [4.78, 5) is 22.3. The Kier molecular flexibility index (Phi) is 5.67. The number of benzene rings is 1. The molecule has 132 valence electrons. The van der Waals surface area contributed by atoms with E-state index in [2.05, 4.69) is 9.88 Å². The molecular formula is C18H21N3O2S2. The third-order valence-corrected chi connectivity index (χ3v) is 5.68. The lowest BCUT2D eigenvalue weighted by Gasteiger charge is -2.20. The van der Waals surface area contributed by atoms with E-state index in [9.17, 15) is 4.79 Å². The Morgan fingerprint density at radius 2 is 2.08 bits per heavy atom. The predicted octanol–water partition coefficient (Wildman–Crippen LogP) is 3.96. The molecule has 0 spiro atoms. The van der Waals surface area contributed by atoms with Gasteiger partial charge in [-0.25, -0.2) is 4.98 Å². The number of nitrogens with zero attached hydrogens (tertiary/aromatic N) is 3. The Morgan fingerprint density at radius 3 is 2.76 bits per heavy atom. The first kappa shape index (κ1) is 17.8. The molecule has 25 heavy (non-hydrogen) atoms. The van der Waals surface area contributed by atoms with Gasteiger partial charge in [-0.15, -0.1) is 11.3 Å².